The second-order valence-corrected chi connectivity index (χ2v) is 7.22. The number of nitro groups is 1. The molecule has 0 aliphatic heterocycles. The normalized spacial score (nSPS) is 13.7. The molecule has 0 saturated carbocycles. The molecule has 1 aliphatic rings. The summed E-state index contributed by atoms with van der Waals surface area (Å²) in [7, 11) is 0. The molecule has 0 aromatic carbocycles. The molecule has 0 fully saturated rings. The van der Waals surface area contributed by atoms with Crippen LogP contribution in [0.4, 0.5) is 10.8 Å². The number of aromatic nitrogens is 2. The molecule has 2 aromatic rings. The van der Waals surface area contributed by atoms with Crippen LogP contribution in [0.3, 0.4) is 0 Å². The number of thiophene rings is 1. The van der Waals surface area contributed by atoms with Crippen LogP contribution in [-0.4, -0.2) is 21.0 Å². The number of hydrogen-bond acceptors (Lipinski definition) is 6. The molecule has 24 heavy (non-hydrogen) atoms. The summed E-state index contributed by atoms with van der Waals surface area (Å²) in [5, 5.41) is 29.3. The Morgan fingerprint density at radius 2 is 2.17 bits per heavy atom. The lowest BCUT2D eigenvalue weighted by Gasteiger charge is -2.01. The number of anilines is 1. The number of aryl methyl sites for hydroxylation is 1. The van der Waals surface area contributed by atoms with Crippen LogP contribution in [0.2, 0.25) is 0 Å². The zero-order valence-corrected chi connectivity index (χ0v) is 14.8. The molecule has 1 amide bonds. The zero-order chi connectivity index (χ0) is 17.3. The Kier molecular flexibility index (Phi) is 4.64. The first-order valence-electron chi connectivity index (χ1n) is 7.27. The predicted octanol–water partition coefficient (Wildman–Crippen LogP) is 3.53. The van der Waals surface area contributed by atoms with Crippen LogP contribution in [0.5, 0.6) is 0 Å². The highest BCUT2D eigenvalue weighted by molar-refractivity contribution is 9.10. The van der Waals surface area contributed by atoms with Gasteiger partial charge in [0.05, 0.1) is 5.56 Å². The van der Waals surface area contributed by atoms with Crippen molar-refractivity contribution in [1.82, 2.24) is 10.2 Å². The lowest BCUT2D eigenvalue weighted by atomic mass is 10.1. The second kappa shape index (κ2) is 6.70. The third-order valence-corrected chi connectivity index (χ3v) is 5.81. The lowest BCUT2D eigenvalue weighted by molar-refractivity contribution is -0.390. The average Bonchev–Trinajstić information content (AvgIpc) is 2.99. The van der Waals surface area contributed by atoms with Gasteiger partial charge in [0, 0.05) is 4.88 Å². The summed E-state index contributed by atoms with van der Waals surface area (Å²) >= 11 is 4.41. The van der Waals surface area contributed by atoms with Crippen molar-refractivity contribution in [1.29, 1.82) is 5.26 Å². The molecule has 124 valence electrons. The molecule has 3 rings (SSSR count). The number of aromatic amines is 1. The molecule has 0 saturated heterocycles. The topological polar surface area (TPSA) is 125 Å². The van der Waals surface area contributed by atoms with E-state index >= 15 is 0 Å². The van der Waals surface area contributed by atoms with Crippen molar-refractivity contribution < 1.29 is 9.72 Å². The highest BCUT2D eigenvalue weighted by Crippen LogP contribution is 2.37. The van der Waals surface area contributed by atoms with Crippen molar-refractivity contribution in [2.24, 2.45) is 0 Å². The molecule has 2 heterocycles. The molecular weight excluding hydrogens is 398 g/mol. The van der Waals surface area contributed by atoms with E-state index < -0.39 is 10.8 Å². The molecule has 1 aliphatic carbocycles. The van der Waals surface area contributed by atoms with E-state index in [2.05, 4.69) is 37.5 Å². The number of nitriles is 1. The van der Waals surface area contributed by atoms with Crippen molar-refractivity contribution in [3.63, 3.8) is 0 Å². The first kappa shape index (κ1) is 16.6. The Morgan fingerprint density at radius 1 is 1.42 bits per heavy atom. The van der Waals surface area contributed by atoms with E-state index in [1.807, 2.05) is 0 Å². The van der Waals surface area contributed by atoms with Gasteiger partial charge >= 0.3 is 5.82 Å². The Morgan fingerprint density at radius 3 is 2.83 bits per heavy atom. The standard InChI is InChI=1S/C14H12BrN5O3S/c15-10-11(18-19-12(10)20(22)23)13(21)17-14-8(6-16)7-4-2-1-3-5-9(7)24-14/h1-5H2,(H,17,21)(H,18,19). The zero-order valence-electron chi connectivity index (χ0n) is 12.4. The van der Waals surface area contributed by atoms with E-state index in [1.165, 1.54) is 11.3 Å². The maximum atomic E-state index is 12.4. The quantitative estimate of drug-likeness (QED) is 0.455. The summed E-state index contributed by atoms with van der Waals surface area (Å²) in [6.07, 6.45) is 4.98. The van der Waals surface area contributed by atoms with E-state index in [1.54, 1.807) is 0 Å². The van der Waals surface area contributed by atoms with Crippen molar-refractivity contribution in [3.8, 4) is 6.07 Å². The van der Waals surface area contributed by atoms with E-state index in [0.717, 1.165) is 42.5 Å². The summed E-state index contributed by atoms with van der Waals surface area (Å²) in [6, 6.07) is 2.17. The van der Waals surface area contributed by atoms with Gasteiger partial charge in [-0.3, -0.25) is 4.79 Å². The van der Waals surface area contributed by atoms with Gasteiger partial charge in [0.2, 0.25) is 0 Å². The summed E-state index contributed by atoms with van der Waals surface area (Å²) in [5.74, 6) is -0.984. The van der Waals surface area contributed by atoms with Gasteiger partial charge in [0.25, 0.3) is 5.91 Å². The van der Waals surface area contributed by atoms with Crippen LogP contribution in [0.15, 0.2) is 4.47 Å². The number of hydrogen-bond donors (Lipinski definition) is 2. The molecule has 0 radical (unpaired) electrons. The number of H-pyrrole nitrogens is 1. The summed E-state index contributed by atoms with van der Waals surface area (Å²) < 4.78 is -0.0124. The minimum atomic E-state index is -0.665. The predicted molar refractivity (Wildman–Crippen MR) is 91.2 cm³/mol. The van der Waals surface area contributed by atoms with Gasteiger partial charge in [-0.05, 0) is 52.1 Å². The van der Waals surface area contributed by atoms with Gasteiger partial charge in [0.15, 0.2) is 5.69 Å². The SMILES string of the molecule is N#Cc1c(NC(=O)c2n[nH]c([N+](=O)[O-])c2Br)sc2c1CCCCC2. The first-order chi connectivity index (χ1) is 11.5. The molecule has 0 bridgehead atoms. The van der Waals surface area contributed by atoms with Crippen molar-refractivity contribution in [2.45, 2.75) is 32.1 Å². The van der Waals surface area contributed by atoms with Gasteiger partial charge in [-0.15, -0.1) is 16.4 Å². The van der Waals surface area contributed by atoms with E-state index in [9.17, 15) is 20.2 Å². The highest BCUT2D eigenvalue weighted by atomic mass is 79.9. The number of amides is 1. The monoisotopic (exact) mass is 409 g/mol. The minimum Gasteiger partial charge on any atom is -0.358 e. The summed E-state index contributed by atoms with van der Waals surface area (Å²) in [4.78, 5) is 23.7. The average molecular weight is 410 g/mol. The van der Waals surface area contributed by atoms with Gasteiger partial charge < -0.3 is 15.4 Å². The molecule has 2 N–H and O–H groups in total. The third kappa shape index (κ3) is 2.92. The maximum Gasteiger partial charge on any atom is 0.357 e. The Hall–Kier alpha value is -2.25. The second-order valence-electron chi connectivity index (χ2n) is 5.33. The van der Waals surface area contributed by atoms with Crippen LogP contribution in [0.1, 0.15) is 45.8 Å². The number of carbonyl (C=O) groups is 1. The van der Waals surface area contributed by atoms with E-state index in [0.29, 0.717) is 10.6 Å². The smallest absolute Gasteiger partial charge is 0.357 e. The van der Waals surface area contributed by atoms with Crippen LogP contribution in [0, 0.1) is 21.4 Å². The minimum absolute atomic E-state index is 0.0124. The first-order valence-corrected chi connectivity index (χ1v) is 8.88. The van der Waals surface area contributed by atoms with Crippen molar-refractivity contribution >= 4 is 44.0 Å². The van der Waals surface area contributed by atoms with Crippen LogP contribution in [-0.2, 0) is 12.8 Å². The Labute approximate surface area is 149 Å². The summed E-state index contributed by atoms with van der Waals surface area (Å²) in [5.41, 5.74) is 1.39. The molecule has 0 atom stereocenters. The molecule has 0 unspecified atom stereocenters. The Balaban J connectivity index is 1.90. The van der Waals surface area contributed by atoms with Crippen LogP contribution in [0.25, 0.3) is 0 Å². The number of fused-ring (bicyclic) bond motifs is 1. The summed E-state index contributed by atoms with van der Waals surface area (Å²) in [6.45, 7) is 0. The van der Waals surface area contributed by atoms with E-state index in [4.69, 9.17) is 0 Å². The molecule has 0 spiro atoms. The highest BCUT2D eigenvalue weighted by Gasteiger charge is 2.27. The molecule has 10 heteroatoms. The van der Waals surface area contributed by atoms with E-state index in [-0.39, 0.29) is 16.0 Å². The van der Waals surface area contributed by atoms with Crippen molar-refractivity contribution in [3.05, 3.63) is 36.3 Å². The van der Waals surface area contributed by atoms with Gasteiger partial charge in [0.1, 0.15) is 15.5 Å². The third-order valence-electron chi connectivity index (χ3n) is 3.85. The molecule has 2 aromatic heterocycles. The lowest BCUT2D eigenvalue weighted by Crippen LogP contribution is -2.13. The Bertz CT molecular complexity index is 867. The van der Waals surface area contributed by atoms with Gasteiger partial charge in [-0.2, -0.15) is 5.26 Å². The number of nitrogens with zero attached hydrogens (tertiary/aromatic N) is 3. The fraction of sp³-hybridized carbons (Fsp3) is 0.357. The van der Waals surface area contributed by atoms with Gasteiger partial charge in [-0.1, -0.05) is 11.5 Å². The maximum absolute atomic E-state index is 12.4. The van der Waals surface area contributed by atoms with Crippen LogP contribution >= 0.6 is 27.3 Å². The fourth-order valence-electron chi connectivity index (χ4n) is 2.70. The van der Waals surface area contributed by atoms with Crippen LogP contribution < -0.4 is 5.32 Å². The number of halogens is 1. The number of carbonyl (C=O) groups excluding carboxylic acids is 1. The number of rotatable bonds is 3. The van der Waals surface area contributed by atoms with Crippen molar-refractivity contribution in [2.75, 3.05) is 5.32 Å². The largest absolute Gasteiger partial charge is 0.358 e. The molecule has 8 nitrogen and oxygen atoms in total. The fourth-order valence-corrected chi connectivity index (χ4v) is 4.44. The van der Waals surface area contributed by atoms with Gasteiger partial charge in [-0.25, -0.2) is 0 Å². The molecular formula is C14H12BrN5O3S. The number of nitrogens with one attached hydrogen (secondary N) is 2.